The molecule has 2 heterocycles. The van der Waals surface area contributed by atoms with E-state index in [0.29, 0.717) is 4.57 Å². The van der Waals surface area contributed by atoms with Crippen molar-refractivity contribution in [3.63, 3.8) is 0 Å². The molecule has 0 unspecified atom stereocenters. The van der Waals surface area contributed by atoms with Gasteiger partial charge in [-0.05, 0) is 0 Å². The van der Waals surface area contributed by atoms with Crippen molar-refractivity contribution in [1.29, 1.82) is 0 Å². The van der Waals surface area contributed by atoms with Crippen LogP contribution in [0.15, 0.2) is 52.2 Å². The van der Waals surface area contributed by atoms with Gasteiger partial charge in [-0.2, -0.15) is 0 Å². The number of alkyl halides is 1. The number of carbonyl (C=O) groups excluding carboxylic acids is 1. The molecule has 0 aliphatic carbocycles. The summed E-state index contributed by atoms with van der Waals surface area (Å²) in [6.45, 7) is -0.935. The fourth-order valence-electron chi connectivity index (χ4n) is 2.95. The number of ether oxygens (including phenoxy) is 1. The van der Waals surface area contributed by atoms with Crippen molar-refractivity contribution in [2.45, 2.75) is 23.8 Å². The van der Waals surface area contributed by atoms with Crippen LogP contribution in [0.25, 0.3) is 0 Å². The predicted octanol–water partition coefficient (Wildman–Crippen LogP) is -1.52. The molecule has 138 valence electrons. The van der Waals surface area contributed by atoms with E-state index in [1.165, 1.54) is 24.3 Å². The molecule has 0 saturated carbocycles. The summed E-state index contributed by atoms with van der Waals surface area (Å²) in [5.74, 6) is -4.97. The van der Waals surface area contributed by atoms with Crippen LogP contribution in [0.1, 0.15) is 10.4 Å². The number of Topliss-reactive ketones (excluding diaryl/α,β-unsaturated/α-hetero) is 1. The van der Waals surface area contributed by atoms with Gasteiger partial charge in [-0.1, -0.05) is 30.3 Å². The van der Waals surface area contributed by atoms with E-state index in [4.69, 9.17) is 4.74 Å². The molecule has 4 N–H and O–H groups in total. The molecule has 1 aliphatic rings. The Morgan fingerprint density at radius 3 is 2.46 bits per heavy atom. The van der Waals surface area contributed by atoms with E-state index in [9.17, 15) is 29.7 Å². The van der Waals surface area contributed by atoms with Crippen LogP contribution >= 0.6 is 0 Å². The van der Waals surface area contributed by atoms with Crippen molar-refractivity contribution in [1.82, 2.24) is 9.55 Å². The van der Waals surface area contributed by atoms with E-state index in [1.807, 2.05) is 4.98 Å². The number of hydrogen-bond donors (Lipinski definition) is 4. The maximum absolute atomic E-state index is 15.3. The lowest BCUT2D eigenvalue weighted by Gasteiger charge is -2.35. The lowest BCUT2D eigenvalue weighted by atomic mass is 9.91. The number of rotatable bonds is 4. The maximum atomic E-state index is 15.3. The summed E-state index contributed by atoms with van der Waals surface area (Å²) in [6.07, 6.45) is -3.27. The first-order valence-electron chi connectivity index (χ1n) is 7.56. The maximum Gasteiger partial charge on any atom is 0.331 e. The molecule has 0 spiro atoms. The molecule has 26 heavy (non-hydrogen) atoms. The lowest BCUT2D eigenvalue weighted by Crippen LogP contribution is -2.62. The molecule has 3 rings (SSSR count). The highest BCUT2D eigenvalue weighted by Gasteiger charge is 2.72. The highest BCUT2D eigenvalue weighted by molar-refractivity contribution is 6.02. The molecule has 10 heteroatoms. The van der Waals surface area contributed by atoms with Crippen molar-refractivity contribution in [3.05, 3.63) is 69.0 Å². The predicted molar refractivity (Wildman–Crippen MR) is 84.1 cm³/mol. The minimum Gasteiger partial charge on any atom is -0.394 e. The Morgan fingerprint density at radius 2 is 1.92 bits per heavy atom. The molecule has 1 saturated heterocycles. The molecule has 1 aromatic carbocycles. The number of aliphatic hydroxyl groups excluding tert-OH is 2. The van der Waals surface area contributed by atoms with Crippen molar-refractivity contribution in [2.75, 3.05) is 6.61 Å². The van der Waals surface area contributed by atoms with Crippen LogP contribution in [-0.4, -0.2) is 55.3 Å². The highest BCUT2D eigenvalue weighted by Crippen LogP contribution is 2.46. The fourth-order valence-corrected chi connectivity index (χ4v) is 2.95. The van der Waals surface area contributed by atoms with Gasteiger partial charge >= 0.3 is 5.69 Å². The molecule has 4 atom stereocenters. The summed E-state index contributed by atoms with van der Waals surface area (Å²) >= 11 is 0. The van der Waals surface area contributed by atoms with Crippen molar-refractivity contribution >= 4 is 5.78 Å². The first kappa shape index (κ1) is 18.1. The molecule has 1 aromatic heterocycles. The molecule has 0 bridgehead atoms. The number of aromatic nitrogens is 2. The van der Waals surface area contributed by atoms with E-state index >= 15 is 4.39 Å². The van der Waals surface area contributed by atoms with Gasteiger partial charge in [0.15, 0.2) is 0 Å². The summed E-state index contributed by atoms with van der Waals surface area (Å²) in [5.41, 5.74) is -5.26. The Hall–Kier alpha value is -2.66. The zero-order valence-electron chi connectivity index (χ0n) is 13.2. The number of H-pyrrole nitrogens is 1. The first-order chi connectivity index (χ1) is 12.3. The Morgan fingerprint density at radius 1 is 1.27 bits per heavy atom. The summed E-state index contributed by atoms with van der Waals surface area (Å²) in [7, 11) is 0. The van der Waals surface area contributed by atoms with E-state index in [1.54, 1.807) is 6.07 Å². The molecule has 0 amide bonds. The number of nitrogens with one attached hydrogen (secondary N) is 1. The largest absolute Gasteiger partial charge is 0.394 e. The van der Waals surface area contributed by atoms with E-state index in [2.05, 4.69) is 0 Å². The van der Waals surface area contributed by atoms with E-state index in [-0.39, 0.29) is 5.56 Å². The van der Waals surface area contributed by atoms with Crippen molar-refractivity contribution in [2.24, 2.45) is 0 Å². The van der Waals surface area contributed by atoms with Crippen LogP contribution < -0.4 is 11.2 Å². The SMILES string of the molecule is O=C(c1ccccc1)[C@@]1(n2ccc(=O)[nH]c2=O)O[C@H](CO)[C@@H](O)[C@]1(O)F. The number of aromatic amines is 1. The van der Waals surface area contributed by atoms with Gasteiger partial charge in [0.2, 0.25) is 5.78 Å². The normalized spacial score (nSPS) is 31.1. The van der Waals surface area contributed by atoms with Gasteiger partial charge in [0.25, 0.3) is 17.1 Å². The molecular weight excluding hydrogens is 351 g/mol. The van der Waals surface area contributed by atoms with Gasteiger partial charge in [-0.3, -0.25) is 19.1 Å². The molecule has 9 nitrogen and oxygen atoms in total. The number of halogens is 1. The Kier molecular flexibility index (Phi) is 4.36. The van der Waals surface area contributed by atoms with E-state index < -0.39 is 47.4 Å². The highest BCUT2D eigenvalue weighted by atomic mass is 19.2. The third-order valence-corrected chi connectivity index (χ3v) is 4.23. The molecule has 1 fully saturated rings. The quantitative estimate of drug-likeness (QED) is 0.482. The van der Waals surface area contributed by atoms with Crippen LogP contribution in [-0.2, 0) is 10.5 Å². The third-order valence-electron chi connectivity index (χ3n) is 4.23. The molecular formula is C16H15FN2O7. The Bertz CT molecular complexity index is 939. The number of hydrogen-bond acceptors (Lipinski definition) is 7. The number of aliphatic hydroxyl groups is 3. The minimum atomic E-state index is -3.78. The monoisotopic (exact) mass is 366 g/mol. The standard InChI is InChI=1S/C16H15FN2O7/c17-15(25)13(23)10(8-20)26-16(15,12(22)9-4-2-1-3-5-9)19-7-6-11(21)18-14(19)24/h1-7,10,13,20,23,25H,8H2,(H,18,21,24)/t10-,13-,15-,16-/m1/s1. The summed E-state index contributed by atoms with van der Waals surface area (Å²) < 4.78 is 20.8. The van der Waals surface area contributed by atoms with Crippen LogP contribution in [0.3, 0.4) is 0 Å². The van der Waals surface area contributed by atoms with Crippen LogP contribution in [0, 0.1) is 0 Å². The number of benzene rings is 1. The van der Waals surface area contributed by atoms with Crippen LogP contribution in [0.4, 0.5) is 4.39 Å². The minimum absolute atomic E-state index is 0.132. The van der Waals surface area contributed by atoms with Gasteiger partial charge in [-0.25, -0.2) is 9.18 Å². The smallest absolute Gasteiger partial charge is 0.331 e. The van der Waals surface area contributed by atoms with Gasteiger partial charge < -0.3 is 20.1 Å². The number of carbonyl (C=O) groups is 1. The molecule has 2 aromatic rings. The third kappa shape index (κ3) is 2.42. The summed E-state index contributed by atoms with van der Waals surface area (Å²) in [4.78, 5) is 38.4. The fraction of sp³-hybridized carbons (Fsp3) is 0.312. The molecule has 0 radical (unpaired) electrons. The molecule has 1 aliphatic heterocycles. The average Bonchev–Trinajstić information content (AvgIpc) is 2.83. The average molecular weight is 366 g/mol. The van der Waals surface area contributed by atoms with Gasteiger partial charge in [0, 0.05) is 17.8 Å². The van der Waals surface area contributed by atoms with Gasteiger partial charge in [0.05, 0.1) is 6.61 Å². The topological polar surface area (TPSA) is 142 Å². The zero-order valence-corrected chi connectivity index (χ0v) is 13.2. The zero-order chi connectivity index (χ0) is 19.1. The second kappa shape index (κ2) is 6.25. The van der Waals surface area contributed by atoms with E-state index in [0.717, 1.165) is 12.3 Å². The number of ketones is 1. The Labute approximate surface area is 144 Å². The van der Waals surface area contributed by atoms with Gasteiger partial charge in [-0.15, -0.1) is 0 Å². The summed E-state index contributed by atoms with van der Waals surface area (Å²) in [5, 5.41) is 29.6. The van der Waals surface area contributed by atoms with Crippen molar-refractivity contribution in [3.8, 4) is 0 Å². The first-order valence-corrected chi connectivity index (χ1v) is 7.56. The van der Waals surface area contributed by atoms with Gasteiger partial charge in [0.1, 0.15) is 12.2 Å². The summed E-state index contributed by atoms with van der Waals surface area (Å²) in [6, 6.07) is 7.90. The lowest BCUT2D eigenvalue weighted by molar-refractivity contribution is -0.234. The van der Waals surface area contributed by atoms with Crippen molar-refractivity contribution < 1.29 is 29.2 Å². The second-order valence-corrected chi connectivity index (χ2v) is 5.78. The number of nitrogens with zero attached hydrogens (tertiary/aromatic N) is 1. The second-order valence-electron chi connectivity index (χ2n) is 5.78. The van der Waals surface area contributed by atoms with Crippen LogP contribution in [0.2, 0.25) is 0 Å². The van der Waals surface area contributed by atoms with Crippen LogP contribution in [0.5, 0.6) is 0 Å². The Balaban J connectivity index is 2.32.